The van der Waals surface area contributed by atoms with Gasteiger partial charge in [0.15, 0.2) is 0 Å². The van der Waals surface area contributed by atoms with Crippen molar-refractivity contribution in [2.45, 2.75) is 57.3 Å². The lowest BCUT2D eigenvalue weighted by atomic mass is 10.0. The first-order valence-corrected chi connectivity index (χ1v) is 26.8. The molecule has 79 heavy (non-hydrogen) atoms. The lowest BCUT2D eigenvalue weighted by Crippen LogP contribution is -2.49. The van der Waals surface area contributed by atoms with Gasteiger partial charge < -0.3 is 25.5 Å². The average molecular weight is 1130 g/mol. The zero-order valence-corrected chi connectivity index (χ0v) is 45.6. The maximum Gasteiger partial charge on any atom is 0.417 e. The number of nitriles is 2. The number of β-amino-alcohol motifs (C(OH)–C–C–N with tert-alkyl or cyclic N) is 1. The van der Waals surface area contributed by atoms with E-state index in [0.29, 0.717) is 65.8 Å². The molecule has 13 nitrogen and oxygen atoms in total. The normalized spacial score (nSPS) is 14.7. The molecule has 2 aliphatic heterocycles. The molecule has 3 N–H and O–H groups in total. The molecule has 6 aromatic carbocycles. The van der Waals surface area contributed by atoms with Gasteiger partial charge in [0, 0.05) is 47.6 Å². The van der Waals surface area contributed by atoms with Crippen molar-refractivity contribution in [3.05, 3.63) is 176 Å². The van der Waals surface area contributed by atoms with E-state index in [-0.39, 0.29) is 49.6 Å². The van der Waals surface area contributed by atoms with Crippen molar-refractivity contribution in [3.8, 4) is 34.4 Å². The lowest BCUT2D eigenvalue weighted by Gasteiger charge is -2.30. The molecule has 8 rings (SSSR count). The molecule has 6 aromatic rings. The predicted octanol–water partition coefficient (Wildman–Crippen LogP) is 11.0. The Bertz CT molecular complexity index is 3180. The number of carbonyl (C=O) groups is 4. The highest BCUT2D eigenvalue weighted by Crippen LogP contribution is 2.36. The highest BCUT2D eigenvalue weighted by atomic mass is 35.5. The van der Waals surface area contributed by atoms with Crippen molar-refractivity contribution in [2.24, 2.45) is 0 Å². The minimum atomic E-state index is -4.66. The van der Waals surface area contributed by atoms with Crippen LogP contribution < -0.4 is 10.6 Å². The third-order valence-corrected chi connectivity index (χ3v) is 14.3. The second kappa shape index (κ2) is 28.0. The van der Waals surface area contributed by atoms with Crippen LogP contribution in [-0.4, -0.2) is 119 Å². The molecule has 19 heteroatoms. The molecule has 2 aliphatic rings. The van der Waals surface area contributed by atoms with E-state index in [9.17, 15) is 42.7 Å². The van der Waals surface area contributed by atoms with Crippen LogP contribution in [0.1, 0.15) is 54.0 Å². The summed E-state index contributed by atoms with van der Waals surface area (Å²) in [4.78, 5) is 59.5. The maximum atomic E-state index is 13.4. The second-order valence-corrected chi connectivity index (χ2v) is 20.7. The van der Waals surface area contributed by atoms with Crippen LogP contribution in [0.3, 0.4) is 0 Å². The van der Waals surface area contributed by atoms with E-state index in [4.69, 9.17) is 40.1 Å². The van der Waals surface area contributed by atoms with E-state index < -0.39 is 34.8 Å². The van der Waals surface area contributed by atoms with Crippen molar-refractivity contribution in [3.63, 3.8) is 0 Å². The molecular weight excluding hydrogens is 1080 g/mol. The molecule has 0 bridgehead atoms. The Balaban J connectivity index is 0.000000229. The Morgan fingerprint density at radius 3 is 1.76 bits per heavy atom. The second-order valence-electron chi connectivity index (χ2n) is 19.4. The van der Waals surface area contributed by atoms with Gasteiger partial charge in [0.05, 0.1) is 59.6 Å². The predicted molar refractivity (Wildman–Crippen MR) is 301 cm³/mol. The first kappa shape index (κ1) is 59.4. The molecule has 0 aliphatic carbocycles. The van der Waals surface area contributed by atoms with E-state index in [1.807, 2.05) is 94.7 Å². The number of halogens is 6. The van der Waals surface area contributed by atoms with Gasteiger partial charge in [-0.05, 0) is 146 Å². The zero-order chi connectivity index (χ0) is 56.6. The number of amides is 4. The largest absolute Gasteiger partial charge is 0.417 e. The summed E-state index contributed by atoms with van der Waals surface area (Å²) in [6.07, 6.45) is -1.42. The summed E-state index contributed by atoms with van der Waals surface area (Å²) in [5.74, 6) is -1.34. The van der Waals surface area contributed by atoms with E-state index in [2.05, 4.69) is 22.8 Å². The molecule has 0 spiro atoms. The van der Waals surface area contributed by atoms with Crippen LogP contribution in [0.15, 0.2) is 133 Å². The zero-order valence-electron chi connectivity index (χ0n) is 43.3. The molecule has 0 aromatic heterocycles. The molecular formula is C60H58Cl3F3N8O5. The molecule has 1 unspecified atom stereocenters. The van der Waals surface area contributed by atoms with E-state index in [1.165, 1.54) is 11.0 Å². The summed E-state index contributed by atoms with van der Waals surface area (Å²) in [7, 11) is 0. The minimum Gasteiger partial charge on any atom is -0.392 e. The summed E-state index contributed by atoms with van der Waals surface area (Å²) in [6.45, 7) is 5.01. The van der Waals surface area contributed by atoms with Gasteiger partial charge in [-0.3, -0.25) is 29.0 Å². The van der Waals surface area contributed by atoms with Gasteiger partial charge in [-0.25, -0.2) is 0 Å². The average Bonchev–Trinajstić information content (AvgIpc) is 4.11. The first-order chi connectivity index (χ1) is 37.8. The van der Waals surface area contributed by atoms with Gasteiger partial charge in [-0.1, -0.05) is 108 Å². The molecule has 0 saturated carbocycles. The molecule has 4 amide bonds. The number of rotatable bonds is 18. The molecule has 2 fully saturated rings. The summed E-state index contributed by atoms with van der Waals surface area (Å²) < 4.78 is 39.7. The molecule has 2 atom stereocenters. The SMILES string of the molecule is CC(C(=O)Nc1cc(Cl)cc(Cl)c1)N(CCc1ccc(-c2cccc(C#N)c2)cc1)C(=O)CN1CC[C@H](O)C1.N#Cc1cccc(-c2ccc(CCN(CC(=O)Nc3ccc(Cl)c(C(F)(F)F)c3)C(=O)CN3CCCC3)cc2)c1. The van der Waals surface area contributed by atoms with Crippen LogP contribution in [-0.2, 0) is 38.2 Å². The van der Waals surface area contributed by atoms with Gasteiger partial charge in [0.25, 0.3) is 0 Å². The number of nitrogens with one attached hydrogen (secondary N) is 2. The fourth-order valence-corrected chi connectivity index (χ4v) is 10.0. The van der Waals surface area contributed by atoms with Crippen LogP contribution in [0.4, 0.5) is 24.5 Å². The standard InChI is InChI=1S/C30H30Cl2N4O3.C30H28ClF3N4O2/c1-20(30(39)34-27-15-25(31)14-26(32)16-27)36(29(38)19-35-11-10-28(37)18-35)12-9-21-5-7-23(8-6-21)24-4-2-3-22(13-24)17-33;31-27-11-10-25(17-26(27)30(32,33)34)36-28(39)19-38(29(40)20-37-13-1-2-14-37)15-12-21-6-8-23(9-7-21)24-5-3-4-22(16-24)18-35/h2-8,13-16,20,28,37H,9-12,18-19H2,1H3,(H,34,39);3-11,16-17H,1-2,12-15,19-20H2,(H,36,39)/t20?,28-;/m0./s1. The first-order valence-electron chi connectivity index (χ1n) is 25.7. The number of nitrogens with zero attached hydrogens (tertiary/aromatic N) is 6. The number of hydrogen-bond acceptors (Lipinski definition) is 9. The number of benzene rings is 6. The third-order valence-electron chi connectivity index (χ3n) is 13.6. The molecule has 410 valence electrons. The Labute approximate surface area is 472 Å². The Kier molecular flexibility index (Phi) is 21.1. The van der Waals surface area contributed by atoms with Crippen molar-refractivity contribution in [2.75, 3.05) is 69.5 Å². The Hall–Kier alpha value is -7.28. The number of hydrogen-bond donors (Lipinski definition) is 3. The maximum absolute atomic E-state index is 13.4. The highest BCUT2D eigenvalue weighted by Gasteiger charge is 2.34. The number of aliphatic hydroxyl groups is 1. The van der Waals surface area contributed by atoms with Crippen molar-refractivity contribution in [1.29, 1.82) is 10.5 Å². The van der Waals surface area contributed by atoms with Crippen molar-refractivity contribution in [1.82, 2.24) is 19.6 Å². The topological polar surface area (TPSA) is 173 Å². The number of likely N-dealkylation sites (tertiary alicyclic amines) is 2. The third kappa shape index (κ3) is 17.6. The molecule has 2 heterocycles. The summed E-state index contributed by atoms with van der Waals surface area (Å²) in [6, 6.07) is 41.9. The Morgan fingerprint density at radius 1 is 0.671 bits per heavy atom. The van der Waals surface area contributed by atoms with E-state index >= 15 is 0 Å². The summed E-state index contributed by atoms with van der Waals surface area (Å²) >= 11 is 17.8. The summed E-state index contributed by atoms with van der Waals surface area (Å²) in [5.41, 5.74) is 6.30. The number of aliphatic hydroxyl groups excluding tert-OH is 1. The van der Waals surface area contributed by atoms with E-state index in [0.717, 1.165) is 71.4 Å². The lowest BCUT2D eigenvalue weighted by molar-refractivity contribution is -0.139. The van der Waals surface area contributed by atoms with Crippen LogP contribution in [0, 0.1) is 22.7 Å². The van der Waals surface area contributed by atoms with Gasteiger partial charge in [-0.15, -0.1) is 0 Å². The van der Waals surface area contributed by atoms with E-state index in [1.54, 1.807) is 42.2 Å². The van der Waals surface area contributed by atoms with Crippen LogP contribution in [0.2, 0.25) is 15.1 Å². The minimum absolute atomic E-state index is 0.0512. The quantitative estimate of drug-likeness (QED) is 0.0757. The van der Waals surface area contributed by atoms with Crippen LogP contribution >= 0.6 is 34.8 Å². The fraction of sp³-hybridized carbons (Fsp3) is 0.300. The number of anilines is 2. The van der Waals surface area contributed by atoms with Crippen LogP contribution in [0.25, 0.3) is 22.3 Å². The Morgan fingerprint density at radius 2 is 1.23 bits per heavy atom. The summed E-state index contributed by atoms with van der Waals surface area (Å²) in [5, 5.41) is 33.8. The smallest absolute Gasteiger partial charge is 0.392 e. The highest BCUT2D eigenvalue weighted by molar-refractivity contribution is 6.35. The molecule has 2 saturated heterocycles. The fourth-order valence-electron chi connectivity index (χ4n) is 9.28. The van der Waals surface area contributed by atoms with Gasteiger partial charge >= 0.3 is 6.18 Å². The van der Waals surface area contributed by atoms with Gasteiger partial charge in [0.1, 0.15) is 6.04 Å². The van der Waals surface area contributed by atoms with Gasteiger partial charge in [0.2, 0.25) is 23.6 Å². The monoisotopic (exact) mass is 1130 g/mol. The van der Waals surface area contributed by atoms with Crippen molar-refractivity contribution >= 4 is 69.8 Å². The number of carbonyl (C=O) groups excluding carboxylic acids is 4. The molecule has 0 radical (unpaired) electrons. The van der Waals surface area contributed by atoms with Crippen molar-refractivity contribution < 1.29 is 37.5 Å². The number of alkyl halides is 3. The van der Waals surface area contributed by atoms with Crippen LogP contribution in [0.5, 0.6) is 0 Å². The van der Waals surface area contributed by atoms with Gasteiger partial charge in [-0.2, -0.15) is 23.7 Å².